The average Bonchev–Trinajstić information content (AvgIpc) is 2.42. The molecule has 0 saturated heterocycles. The third-order valence-corrected chi connectivity index (χ3v) is 2.88. The fourth-order valence-corrected chi connectivity index (χ4v) is 1.87. The Hall–Kier alpha value is -1.89. The van der Waals surface area contributed by atoms with Crippen LogP contribution in [0.2, 0.25) is 0 Å². The number of hydrogen-bond acceptors (Lipinski definition) is 4. The maximum Gasteiger partial charge on any atom is 0.360 e. The Labute approximate surface area is 121 Å². The van der Waals surface area contributed by atoms with Crippen LogP contribution in [0.3, 0.4) is 0 Å². The Morgan fingerprint density at radius 2 is 2.10 bits per heavy atom. The molecule has 0 radical (unpaired) electrons. The van der Waals surface area contributed by atoms with Crippen LogP contribution in [0.25, 0.3) is 11.4 Å². The van der Waals surface area contributed by atoms with E-state index < -0.39 is 23.3 Å². The molecule has 4 nitrogen and oxygen atoms in total. The molecule has 2 rings (SSSR count). The first-order valence-corrected chi connectivity index (χ1v) is 6.47. The second kappa shape index (κ2) is 6.04. The Bertz CT molecular complexity index is 665. The molecule has 2 aromatic rings. The number of rotatable bonds is 3. The van der Waals surface area contributed by atoms with Gasteiger partial charge in [0.25, 0.3) is 0 Å². The highest BCUT2D eigenvalue weighted by atomic mass is 79.9. The molecule has 0 amide bonds. The van der Waals surface area contributed by atoms with Crippen LogP contribution in [-0.4, -0.2) is 22.5 Å². The SMILES string of the molecule is CCOC(=O)c1nc(-c2cc(Br)ccc2F)ncc1F. The summed E-state index contributed by atoms with van der Waals surface area (Å²) in [7, 11) is 0. The molecule has 0 saturated carbocycles. The fraction of sp³-hybridized carbons (Fsp3) is 0.154. The number of ether oxygens (including phenoxy) is 1. The molecule has 7 heteroatoms. The highest BCUT2D eigenvalue weighted by Crippen LogP contribution is 2.24. The van der Waals surface area contributed by atoms with Crippen molar-refractivity contribution >= 4 is 21.9 Å². The van der Waals surface area contributed by atoms with E-state index in [1.807, 2.05) is 0 Å². The first-order valence-electron chi connectivity index (χ1n) is 5.68. The lowest BCUT2D eigenvalue weighted by atomic mass is 10.2. The molecule has 1 aromatic carbocycles. The maximum absolute atomic E-state index is 13.7. The number of hydrogen-bond donors (Lipinski definition) is 0. The molecule has 0 aliphatic heterocycles. The monoisotopic (exact) mass is 342 g/mol. The minimum Gasteiger partial charge on any atom is -0.461 e. The van der Waals surface area contributed by atoms with Crippen molar-refractivity contribution in [1.29, 1.82) is 0 Å². The first-order chi connectivity index (χ1) is 9.52. The quantitative estimate of drug-likeness (QED) is 0.802. The number of halogens is 3. The summed E-state index contributed by atoms with van der Waals surface area (Å²) < 4.78 is 32.5. The van der Waals surface area contributed by atoms with Crippen LogP contribution in [0.1, 0.15) is 17.4 Å². The van der Waals surface area contributed by atoms with Crippen LogP contribution in [0.15, 0.2) is 28.9 Å². The van der Waals surface area contributed by atoms with Gasteiger partial charge in [0.1, 0.15) is 5.82 Å². The maximum atomic E-state index is 13.7. The lowest BCUT2D eigenvalue weighted by molar-refractivity contribution is 0.0513. The number of carbonyl (C=O) groups is 1. The van der Waals surface area contributed by atoms with E-state index in [-0.39, 0.29) is 18.0 Å². The van der Waals surface area contributed by atoms with Gasteiger partial charge >= 0.3 is 5.97 Å². The second-order valence-electron chi connectivity index (χ2n) is 3.73. The lowest BCUT2D eigenvalue weighted by Crippen LogP contribution is -2.11. The van der Waals surface area contributed by atoms with Crippen molar-refractivity contribution in [2.45, 2.75) is 6.92 Å². The zero-order valence-corrected chi connectivity index (χ0v) is 11.9. The van der Waals surface area contributed by atoms with Gasteiger partial charge < -0.3 is 4.74 Å². The van der Waals surface area contributed by atoms with Crippen LogP contribution in [0.5, 0.6) is 0 Å². The molecule has 1 aromatic heterocycles. The molecular formula is C13H9BrF2N2O2. The van der Waals surface area contributed by atoms with Gasteiger partial charge in [0.05, 0.1) is 18.4 Å². The molecular weight excluding hydrogens is 334 g/mol. The van der Waals surface area contributed by atoms with Crippen LogP contribution in [0.4, 0.5) is 8.78 Å². The van der Waals surface area contributed by atoms with E-state index in [9.17, 15) is 13.6 Å². The zero-order chi connectivity index (χ0) is 14.7. The largest absolute Gasteiger partial charge is 0.461 e. The molecule has 20 heavy (non-hydrogen) atoms. The number of nitrogens with zero attached hydrogens (tertiary/aromatic N) is 2. The van der Waals surface area contributed by atoms with E-state index in [1.165, 1.54) is 18.2 Å². The summed E-state index contributed by atoms with van der Waals surface area (Å²) in [4.78, 5) is 19.0. The summed E-state index contributed by atoms with van der Waals surface area (Å²) in [5, 5.41) is 0. The van der Waals surface area contributed by atoms with E-state index in [0.717, 1.165) is 6.20 Å². The topological polar surface area (TPSA) is 52.1 Å². The van der Waals surface area contributed by atoms with Crippen LogP contribution < -0.4 is 0 Å². The van der Waals surface area contributed by atoms with Crippen LogP contribution >= 0.6 is 15.9 Å². The van der Waals surface area contributed by atoms with Crippen molar-refractivity contribution in [2.24, 2.45) is 0 Å². The molecule has 104 valence electrons. The van der Waals surface area contributed by atoms with Crippen molar-refractivity contribution in [2.75, 3.05) is 6.61 Å². The minimum atomic E-state index is -0.914. The van der Waals surface area contributed by atoms with Crippen LogP contribution in [-0.2, 0) is 4.74 Å². The van der Waals surface area contributed by atoms with E-state index in [2.05, 4.69) is 30.6 Å². The van der Waals surface area contributed by atoms with Gasteiger partial charge in [-0.15, -0.1) is 0 Å². The van der Waals surface area contributed by atoms with Crippen molar-refractivity contribution in [3.63, 3.8) is 0 Å². The third kappa shape index (κ3) is 2.98. The van der Waals surface area contributed by atoms with E-state index in [4.69, 9.17) is 0 Å². The third-order valence-electron chi connectivity index (χ3n) is 2.38. The van der Waals surface area contributed by atoms with Gasteiger partial charge in [0, 0.05) is 4.47 Å². The normalized spacial score (nSPS) is 10.4. The number of esters is 1. The number of aromatic nitrogens is 2. The molecule has 0 bridgehead atoms. The average molecular weight is 343 g/mol. The molecule has 0 aliphatic rings. The molecule has 1 heterocycles. The van der Waals surface area contributed by atoms with Crippen molar-refractivity contribution in [3.05, 3.63) is 46.2 Å². The predicted molar refractivity (Wildman–Crippen MR) is 71.0 cm³/mol. The number of benzene rings is 1. The summed E-state index contributed by atoms with van der Waals surface area (Å²) in [6.07, 6.45) is 0.814. The van der Waals surface area contributed by atoms with E-state index >= 15 is 0 Å². The first kappa shape index (κ1) is 14.5. The lowest BCUT2D eigenvalue weighted by Gasteiger charge is -2.06. The van der Waals surface area contributed by atoms with E-state index in [1.54, 1.807) is 6.92 Å². The molecule has 0 aliphatic carbocycles. The standard InChI is InChI=1S/C13H9BrF2N2O2/c1-2-20-13(19)11-10(16)6-17-12(18-11)8-5-7(14)3-4-9(8)15/h3-6H,2H2,1H3. The molecule has 0 spiro atoms. The summed E-state index contributed by atoms with van der Waals surface area (Å²) in [6, 6.07) is 4.17. The molecule has 0 unspecified atom stereocenters. The molecule has 0 fully saturated rings. The summed E-state index contributed by atoms with van der Waals surface area (Å²) >= 11 is 3.19. The van der Waals surface area contributed by atoms with E-state index in [0.29, 0.717) is 4.47 Å². The van der Waals surface area contributed by atoms with Crippen LogP contribution in [0, 0.1) is 11.6 Å². The Kier molecular flexibility index (Phi) is 4.39. The molecule has 0 N–H and O–H groups in total. The van der Waals surface area contributed by atoms with Gasteiger partial charge in [-0.2, -0.15) is 0 Å². The fourth-order valence-electron chi connectivity index (χ4n) is 1.51. The predicted octanol–water partition coefficient (Wildman–Crippen LogP) is 3.36. The summed E-state index contributed by atoms with van der Waals surface area (Å²) in [6.45, 7) is 1.68. The van der Waals surface area contributed by atoms with Gasteiger partial charge in [-0.25, -0.2) is 23.5 Å². The Morgan fingerprint density at radius 1 is 1.35 bits per heavy atom. The van der Waals surface area contributed by atoms with Gasteiger partial charge in [-0.05, 0) is 25.1 Å². The van der Waals surface area contributed by atoms with Crippen molar-refractivity contribution in [1.82, 2.24) is 9.97 Å². The smallest absolute Gasteiger partial charge is 0.360 e. The van der Waals surface area contributed by atoms with Gasteiger partial charge in [0.2, 0.25) is 0 Å². The minimum absolute atomic E-state index is 0.0601. The van der Waals surface area contributed by atoms with Gasteiger partial charge in [-0.3, -0.25) is 0 Å². The second-order valence-corrected chi connectivity index (χ2v) is 4.65. The Morgan fingerprint density at radius 3 is 2.80 bits per heavy atom. The summed E-state index contributed by atoms with van der Waals surface area (Å²) in [5.41, 5.74) is -0.457. The zero-order valence-electron chi connectivity index (χ0n) is 10.4. The van der Waals surface area contributed by atoms with Crippen molar-refractivity contribution < 1.29 is 18.3 Å². The molecule has 0 atom stereocenters. The highest BCUT2D eigenvalue weighted by Gasteiger charge is 2.18. The summed E-state index contributed by atoms with van der Waals surface area (Å²) in [5.74, 6) is -2.49. The number of carbonyl (C=O) groups excluding carboxylic acids is 1. The van der Waals surface area contributed by atoms with Gasteiger partial charge in [-0.1, -0.05) is 15.9 Å². The van der Waals surface area contributed by atoms with Crippen molar-refractivity contribution in [3.8, 4) is 11.4 Å². The highest BCUT2D eigenvalue weighted by molar-refractivity contribution is 9.10. The Balaban J connectivity index is 2.51. The van der Waals surface area contributed by atoms with Gasteiger partial charge in [0.15, 0.2) is 17.3 Å².